The van der Waals surface area contributed by atoms with Gasteiger partial charge >= 0.3 is 0 Å². The summed E-state index contributed by atoms with van der Waals surface area (Å²) in [6.45, 7) is 6.03. The van der Waals surface area contributed by atoms with Gasteiger partial charge in [0.2, 0.25) is 5.69 Å². The maximum Gasteiger partial charge on any atom is 0.246 e. The van der Waals surface area contributed by atoms with Crippen molar-refractivity contribution in [3.63, 3.8) is 0 Å². The van der Waals surface area contributed by atoms with Gasteiger partial charge in [0.15, 0.2) is 17.2 Å². The van der Waals surface area contributed by atoms with Crippen LogP contribution in [0.2, 0.25) is 0 Å². The second-order valence-corrected chi connectivity index (χ2v) is 5.24. The lowest BCUT2D eigenvalue weighted by Crippen LogP contribution is -2.68. The van der Waals surface area contributed by atoms with E-state index in [4.69, 9.17) is 18.6 Å². The monoisotopic (exact) mass is 315 g/mol. The number of aromatic nitrogens is 1. The lowest BCUT2D eigenvalue weighted by Gasteiger charge is -2.17. The van der Waals surface area contributed by atoms with Crippen LogP contribution in [-0.4, -0.2) is 0 Å². The Labute approximate surface area is 124 Å². The van der Waals surface area contributed by atoms with Gasteiger partial charge < -0.3 is 0 Å². The van der Waals surface area contributed by atoms with Crippen molar-refractivity contribution in [1.82, 2.24) is 0 Å². The van der Waals surface area contributed by atoms with E-state index in [-0.39, 0.29) is 5.82 Å². The molecule has 114 valence electrons. The van der Waals surface area contributed by atoms with Gasteiger partial charge in [-0.05, 0) is 18.6 Å². The number of nitrogens with zero attached hydrogens (tertiary/aromatic N) is 1. The van der Waals surface area contributed by atoms with Gasteiger partial charge in [-0.2, -0.15) is 8.96 Å². The fourth-order valence-electron chi connectivity index (χ4n) is 2.12. The minimum Gasteiger partial charge on any atom is -0.222 e. The highest BCUT2D eigenvalue weighted by molar-refractivity contribution is 5.26. The van der Waals surface area contributed by atoms with Crippen molar-refractivity contribution in [2.75, 3.05) is 0 Å². The van der Waals surface area contributed by atoms with Crippen LogP contribution in [0.3, 0.4) is 0 Å². The van der Waals surface area contributed by atoms with Crippen molar-refractivity contribution in [2.24, 2.45) is 0 Å². The molecule has 0 spiro atoms. The Morgan fingerprint density at radius 1 is 0.905 bits per heavy atom. The van der Waals surface area contributed by atoms with Gasteiger partial charge in [-0.3, -0.25) is 0 Å². The molecule has 5 nitrogen and oxygen atoms in total. The lowest BCUT2D eigenvalue weighted by molar-refractivity contribution is -2.00. The smallest absolute Gasteiger partial charge is 0.222 e. The van der Waals surface area contributed by atoms with Crippen molar-refractivity contribution >= 4 is 0 Å². The predicted octanol–water partition coefficient (Wildman–Crippen LogP) is -1.73. The third kappa shape index (κ3) is 5.74. The quantitative estimate of drug-likeness (QED) is 0.584. The first-order chi connectivity index (χ1) is 9.59. The van der Waals surface area contributed by atoms with Crippen molar-refractivity contribution in [2.45, 2.75) is 20.8 Å². The molecular weight excluding hydrogens is 301 g/mol. The molecule has 0 saturated carbocycles. The molecule has 0 saturated heterocycles. The molecule has 0 aliphatic carbocycles. The zero-order valence-electron chi connectivity index (χ0n) is 11.8. The van der Waals surface area contributed by atoms with Gasteiger partial charge in [0.25, 0.3) is 0 Å². The molecule has 0 atom stereocenters. The molecule has 0 radical (unpaired) electrons. The highest BCUT2D eigenvalue weighted by Gasteiger charge is 2.18. The molecule has 0 aliphatic rings. The molecule has 0 amide bonds. The van der Waals surface area contributed by atoms with Crippen molar-refractivity contribution in [1.29, 1.82) is 0 Å². The maximum atomic E-state index is 13.7. The first-order valence-corrected chi connectivity index (χ1v) is 7.19. The van der Waals surface area contributed by atoms with Crippen molar-refractivity contribution in [3.05, 3.63) is 59.2 Å². The third-order valence-electron chi connectivity index (χ3n) is 2.67. The summed E-state index contributed by atoms with van der Waals surface area (Å²) in [5.74, 6) is -0.192. The van der Waals surface area contributed by atoms with E-state index in [0.29, 0.717) is 5.69 Å². The molecule has 21 heavy (non-hydrogen) atoms. The largest absolute Gasteiger partial charge is 0.246 e. The number of benzene rings is 1. The number of pyridine rings is 1. The summed E-state index contributed by atoms with van der Waals surface area (Å²) in [4.78, 5) is 0. The molecule has 0 fully saturated rings. The third-order valence-corrected chi connectivity index (χ3v) is 2.67. The lowest BCUT2D eigenvalue weighted by atomic mass is 10.2. The van der Waals surface area contributed by atoms with Crippen LogP contribution in [0.15, 0.2) is 36.4 Å². The van der Waals surface area contributed by atoms with E-state index in [2.05, 4.69) is 12.1 Å². The van der Waals surface area contributed by atoms with Crippen LogP contribution in [0.25, 0.3) is 5.69 Å². The van der Waals surface area contributed by atoms with Crippen LogP contribution in [0.4, 0.5) is 4.39 Å². The second-order valence-electron chi connectivity index (χ2n) is 4.48. The molecule has 0 aliphatic heterocycles. The molecule has 1 aromatic carbocycles. The Balaban J connectivity index is 0.000000383. The second kappa shape index (κ2) is 6.93. The number of hydrogen-bond acceptors (Lipinski definition) is 4. The van der Waals surface area contributed by atoms with Crippen molar-refractivity contribution < 1.29 is 37.8 Å². The molecule has 0 unspecified atom stereocenters. The maximum absolute atomic E-state index is 13.7. The summed E-state index contributed by atoms with van der Waals surface area (Å²) in [6.07, 6.45) is 0. The van der Waals surface area contributed by atoms with E-state index in [1.165, 1.54) is 11.6 Å². The molecular formula is C14H15ClFNO4. The van der Waals surface area contributed by atoms with Gasteiger partial charge in [-0.1, -0.05) is 12.1 Å². The Bertz CT molecular complexity index is 600. The highest BCUT2D eigenvalue weighted by Crippen LogP contribution is 2.10. The number of para-hydroxylation sites is 1. The van der Waals surface area contributed by atoms with E-state index in [0.717, 1.165) is 11.4 Å². The number of halogens is 2. The summed E-state index contributed by atoms with van der Waals surface area (Å²) in [5, 5.41) is 0. The standard InChI is InChI=1S/C14H15FN.ClHO4/c1-10-8-11(2)16(12(3)9-10)14-7-5-4-6-13(14)15;2-1(3,4)5/h4-9H,1-3H3;(H,2,3,4,5)/q+1;/p-1. The van der Waals surface area contributed by atoms with Crippen molar-refractivity contribution in [3.8, 4) is 5.69 Å². The fraction of sp³-hybridized carbons (Fsp3) is 0.214. The molecule has 1 aromatic heterocycles. The predicted molar refractivity (Wildman–Crippen MR) is 62.1 cm³/mol. The molecule has 0 N–H and O–H groups in total. The molecule has 0 bridgehead atoms. The number of hydrogen-bond donors (Lipinski definition) is 0. The van der Waals surface area contributed by atoms with Crippen LogP contribution in [0.1, 0.15) is 17.0 Å². The average molecular weight is 316 g/mol. The van der Waals surface area contributed by atoms with Gasteiger partial charge in [0.05, 0.1) is 0 Å². The summed E-state index contributed by atoms with van der Waals surface area (Å²) >= 11 is 0. The molecule has 7 heteroatoms. The van der Waals surface area contributed by atoms with Crippen LogP contribution in [0, 0.1) is 36.8 Å². The number of aryl methyl sites for hydroxylation is 3. The van der Waals surface area contributed by atoms with Gasteiger partial charge in [0, 0.05) is 32.0 Å². The van der Waals surface area contributed by atoms with Crippen LogP contribution >= 0.6 is 0 Å². The summed E-state index contributed by atoms with van der Waals surface area (Å²) in [5.41, 5.74) is 3.89. The first-order valence-electron chi connectivity index (χ1n) is 5.96. The summed E-state index contributed by atoms with van der Waals surface area (Å²) in [7, 11) is -4.94. The van der Waals surface area contributed by atoms with Crippen LogP contribution in [-0.2, 0) is 0 Å². The minimum atomic E-state index is -4.94. The normalized spacial score (nSPS) is 10.9. The first kappa shape index (κ1) is 17.5. The van der Waals surface area contributed by atoms with E-state index in [9.17, 15) is 4.39 Å². The molecule has 2 aromatic rings. The van der Waals surface area contributed by atoms with E-state index >= 15 is 0 Å². The van der Waals surface area contributed by atoms with Crippen LogP contribution in [0.5, 0.6) is 0 Å². The van der Waals surface area contributed by atoms with Crippen LogP contribution < -0.4 is 23.2 Å². The zero-order valence-corrected chi connectivity index (χ0v) is 12.6. The van der Waals surface area contributed by atoms with Gasteiger partial charge in [-0.25, -0.2) is 18.6 Å². The Hall–Kier alpha value is -1.57. The SMILES string of the molecule is Cc1cc(C)[n+](-c2ccccc2F)c(C)c1.[O-][Cl+3]([O-])([O-])[O-]. The van der Waals surface area contributed by atoms with E-state index in [1.807, 2.05) is 31.4 Å². The number of rotatable bonds is 1. The Kier molecular flexibility index (Phi) is 5.77. The zero-order chi connectivity index (χ0) is 16.2. The van der Waals surface area contributed by atoms with Gasteiger partial charge in [-0.15, -0.1) is 10.2 Å². The van der Waals surface area contributed by atoms with E-state index in [1.54, 1.807) is 12.1 Å². The minimum absolute atomic E-state index is 0.192. The summed E-state index contributed by atoms with van der Waals surface area (Å²) < 4.78 is 49.6. The summed E-state index contributed by atoms with van der Waals surface area (Å²) in [6, 6.07) is 11.0. The molecule has 1 heterocycles. The fourth-order valence-corrected chi connectivity index (χ4v) is 2.12. The average Bonchev–Trinajstić information content (AvgIpc) is 2.28. The Morgan fingerprint density at radius 2 is 1.33 bits per heavy atom. The van der Waals surface area contributed by atoms with E-state index < -0.39 is 10.2 Å². The topological polar surface area (TPSA) is 96.1 Å². The highest BCUT2D eigenvalue weighted by atomic mass is 35.7. The molecule has 2 rings (SSSR count). The Morgan fingerprint density at radius 3 is 1.76 bits per heavy atom. The van der Waals surface area contributed by atoms with Gasteiger partial charge in [0.1, 0.15) is 0 Å².